The fourth-order valence-corrected chi connectivity index (χ4v) is 2.87. The van der Waals surface area contributed by atoms with Crippen LogP contribution in [0.15, 0.2) is 12.4 Å². The van der Waals surface area contributed by atoms with Gasteiger partial charge in [0.1, 0.15) is 17.8 Å². The van der Waals surface area contributed by atoms with E-state index in [1.165, 1.54) is 6.33 Å². The topological polar surface area (TPSA) is 87.7 Å². The van der Waals surface area contributed by atoms with Crippen molar-refractivity contribution >= 4 is 17.8 Å². The maximum atomic E-state index is 12.5. The first-order chi connectivity index (χ1) is 12.5. The molecule has 1 N–H and O–H groups in total. The van der Waals surface area contributed by atoms with Crippen LogP contribution in [-0.2, 0) is 4.74 Å². The summed E-state index contributed by atoms with van der Waals surface area (Å²) in [6.45, 7) is 6.36. The van der Waals surface area contributed by atoms with Gasteiger partial charge in [0.2, 0.25) is 0 Å². The van der Waals surface area contributed by atoms with Crippen LogP contribution in [0.2, 0.25) is 0 Å². The van der Waals surface area contributed by atoms with Crippen LogP contribution in [0.1, 0.15) is 50.0 Å². The van der Waals surface area contributed by atoms with Crippen molar-refractivity contribution < 1.29 is 14.3 Å². The van der Waals surface area contributed by atoms with E-state index >= 15 is 0 Å². The van der Waals surface area contributed by atoms with E-state index in [2.05, 4.69) is 22.2 Å². The van der Waals surface area contributed by atoms with Gasteiger partial charge in [-0.25, -0.2) is 14.8 Å². The monoisotopic (exact) mass is 363 g/mol. The molecule has 26 heavy (non-hydrogen) atoms. The second kappa shape index (κ2) is 9.94. The third kappa shape index (κ3) is 5.57. The van der Waals surface area contributed by atoms with Crippen LogP contribution in [0.25, 0.3) is 0 Å². The third-order valence-electron chi connectivity index (χ3n) is 4.48. The van der Waals surface area contributed by atoms with Crippen molar-refractivity contribution in [2.45, 2.75) is 45.6 Å². The molecule has 8 heteroatoms. The van der Waals surface area contributed by atoms with Crippen molar-refractivity contribution in [2.75, 3.05) is 38.2 Å². The van der Waals surface area contributed by atoms with E-state index in [0.717, 1.165) is 25.2 Å². The first-order valence-electron chi connectivity index (χ1n) is 9.30. The van der Waals surface area contributed by atoms with Crippen LogP contribution in [0.5, 0.6) is 0 Å². The van der Waals surface area contributed by atoms with E-state index in [1.807, 2.05) is 11.9 Å². The molecule has 0 spiro atoms. The number of carbonyl (C=O) groups is 2. The number of piperidine rings is 1. The number of aromatic nitrogens is 2. The summed E-state index contributed by atoms with van der Waals surface area (Å²) in [4.78, 5) is 36.3. The minimum atomic E-state index is -0.284. The highest BCUT2D eigenvalue weighted by Crippen LogP contribution is 2.14. The summed E-state index contributed by atoms with van der Waals surface area (Å²) in [5.74, 6) is 0.544. The van der Waals surface area contributed by atoms with Gasteiger partial charge in [-0.1, -0.05) is 13.3 Å². The van der Waals surface area contributed by atoms with Crippen molar-refractivity contribution in [3.8, 4) is 0 Å². The van der Waals surface area contributed by atoms with Crippen LogP contribution in [-0.4, -0.2) is 66.2 Å². The summed E-state index contributed by atoms with van der Waals surface area (Å²) < 4.78 is 5.01. The number of carbonyl (C=O) groups excluding carboxylic acids is 2. The van der Waals surface area contributed by atoms with Crippen molar-refractivity contribution in [1.82, 2.24) is 20.2 Å². The molecule has 2 rings (SSSR count). The molecule has 1 aliphatic heterocycles. The molecule has 0 unspecified atom stereocenters. The number of amides is 2. The van der Waals surface area contributed by atoms with Gasteiger partial charge in [-0.15, -0.1) is 0 Å². The van der Waals surface area contributed by atoms with Gasteiger partial charge < -0.3 is 19.9 Å². The smallest absolute Gasteiger partial charge is 0.409 e. The number of hydrogen-bond acceptors (Lipinski definition) is 6. The minimum Gasteiger partial charge on any atom is -0.450 e. The molecule has 2 amide bonds. The lowest BCUT2D eigenvalue weighted by Gasteiger charge is -2.31. The lowest BCUT2D eigenvalue weighted by Crippen LogP contribution is -2.46. The van der Waals surface area contributed by atoms with Crippen molar-refractivity contribution in [1.29, 1.82) is 0 Å². The Morgan fingerprint density at radius 1 is 1.31 bits per heavy atom. The van der Waals surface area contributed by atoms with E-state index in [0.29, 0.717) is 38.2 Å². The van der Waals surface area contributed by atoms with Gasteiger partial charge in [0, 0.05) is 38.8 Å². The predicted octanol–water partition coefficient (Wildman–Crippen LogP) is 2.06. The first kappa shape index (κ1) is 19.9. The Labute approximate surface area is 154 Å². The molecule has 0 atom stereocenters. The van der Waals surface area contributed by atoms with Gasteiger partial charge in [0.15, 0.2) is 0 Å². The van der Waals surface area contributed by atoms with Gasteiger partial charge in [0.25, 0.3) is 5.91 Å². The van der Waals surface area contributed by atoms with Gasteiger partial charge in [-0.05, 0) is 26.2 Å². The van der Waals surface area contributed by atoms with Crippen LogP contribution in [0.4, 0.5) is 10.6 Å². The molecular weight excluding hydrogens is 334 g/mol. The summed E-state index contributed by atoms with van der Waals surface area (Å²) in [5.41, 5.74) is 0.367. The molecular formula is C18H29N5O3. The average Bonchev–Trinajstić information content (AvgIpc) is 2.67. The highest BCUT2D eigenvalue weighted by atomic mass is 16.6. The van der Waals surface area contributed by atoms with Crippen LogP contribution >= 0.6 is 0 Å². The fourth-order valence-electron chi connectivity index (χ4n) is 2.87. The second-order valence-corrected chi connectivity index (χ2v) is 6.47. The number of nitrogens with zero attached hydrogens (tertiary/aromatic N) is 4. The maximum absolute atomic E-state index is 12.5. The quantitative estimate of drug-likeness (QED) is 0.798. The Bertz CT molecular complexity index is 602. The van der Waals surface area contributed by atoms with Gasteiger partial charge >= 0.3 is 6.09 Å². The largest absolute Gasteiger partial charge is 0.450 e. The fraction of sp³-hybridized carbons (Fsp3) is 0.667. The molecule has 144 valence electrons. The standard InChI is InChI=1S/C18H29N5O3/c1-4-6-9-22(3)16-12-15(19-13-20-16)17(24)21-14-7-10-23(11-8-14)18(25)26-5-2/h12-14H,4-11H2,1-3H3,(H,21,24). The Kier molecular flexibility index (Phi) is 7.62. The molecule has 0 aliphatic carbocycles. The molecule has 0 saturated carbocycles. The number of rotatable bonds is 7. The van der Waals surface area contributed by atoms with E-state index in [-0.39, 0.29) is 18.0 Å². The highest BCUT2D eigenvalue weighted by molar-refractivity contribution is 5.93. The van der Waals surface area contributed by atoms with E-state index < -0.39 is 0 Å². The van der Waals surface area contributed by atoms with Crippen LogP contribution < -0.4 is 10.2 Å². The molecule has 1 aromatic heterocycles. The van der Waals surface area contributed by atoms with E-state index in [4.69, 9.17) is 4.74 Å². The number of likely N-dealkylation sites (tertiary alicyclic amines) is 1. The SMILES string of the molecule is CCCCN(C)c1cc(C(=O)NC2CCN(C(=O)OCC)CC2)ncn1. The predicted molar refractivity (Wildman–Crippen MR) is 99.3 cm³/mol. The number of unbranched alkanes of at least 4 members (excludes halogenated alkanes) is 1. The molecule has 8 nitrogen and oxygen atoms in total. The normalized spacial score (nSPS) is 14.8. The van der Waals surface area contributed by atoms with E-state index in [1.54, 1.807) is 17.9 Å². The number of anilines is 1. The maximum Gasteiger partial charge on any atom is 0.409 e. The Hall–Kier alpha value is -2.38. The number of ether oxygens (including phenoxy) is 1. The lowest BCUT2D eigenvalue weighted by atomic mass is 10.1. The average molecular weight is 363 g/mol. The highest BCUT2D eigenvalue weighted by Gasteiger charge is 2.25. The summed E-state index contributed by atoms with van der Waals surface area (Å²) in [6.07, 6.45) is 4.73. The zero-order valence-corrected chi connectivity index (χ0v) is 15.9. The molecule has 0 radical (unpaired) electrons. The molecule has 1 aromatic rings. The summed E-state index contributed by atoms with van der Waals surface area (Å²) in [6, 6.07) is 1.75. The molecule has 0 bridgehead atoms. The molecule has 0 aromatic carbocycles. The summed E-state index contributed by atoms with van der Waals surface area (Å²) >= 11 is 0. The van der Waals surface area contributed by atoms with Gasteiger partial charge in [0.05, 0.1) is 6.61 Å². The van der Waals surface area contributed by atoms with Crippen molar-refractivity contribution in [3.63, 3.8) is 0 Å². The summed E-state index contributed by atoms with van der Waals surface area (Å²) in [7, 11) is 1.96. The minimum absolute atomic E-state index is 0.0319. The van der Waals surface area contributed by atoms with Crippen molar-refractivity contribution in [3.05, 3.63) is 18.1 Å². The summed E-state index contributed by atoms with van der Waals surface area (Å²) in [5, 5.41) is 3.01. The van der Waals surface area contributed by atoms with Crippen LogP contribution in [0, 0.1) is 0 Å². The molecule has 1 fully saturated rings. The van der Waals surface area contributed by atoms with Gasteiger partial charge in [-0.2, -0.15) is 0 Å². The Morgan fingerprint density at radius 2 is 2.04 bits per heavy atom. The zero-order chi connectivity index (χ0) is 18.9. The number of nitrogens with one attached hydrogen (secondary N) is 1. The van der Waals surface area contributed by atoms with Crippen LogP contribution in [0.3, 0.4) is 0 Å². The molecule has 2 heterocycles. The molecule has 1 aliphatic rings. The zero-order valence-electron chi connectivity index (χ0n) is 15.9. The molecule has 1 saturated heterocycles. The lowest BCUT2D eigenvalue weighted by molar-refractivity contribution is 0.0856. The van der Waals surface area contributed by atoms with Crippen molar-refractivity contribution in [2.24, 2.45) is 0 Å². The Morgan fingerprint density at radius 3 is 2.69 bits per heavy atom. The third-order valence-corrected chi connectivity index (χ3v) is 4.48. The van der Waals surface area contributed by atoms with E-state index in [9.17, 15) is 9.59 Å². The number of hydrogen-bond donors (Lipinski definition) is 1. The van der Waals surface area contributed by atoms with Gasteiger partial charge in [-0.3, -0.25) is 4.79 Å². The first-order valence-corrected chi connectivity index (χ1v) is 9.30. The second-order valence-electron chi connectivity index (χ2n) is 6.47. The Balaban J connectivity index is 1.87.